The normalized spacial score (nSPS) is 14.1. The van der Waals surface area contributed by atoms with Crippen LogP contribution in [0.5, 0.6) is 0 Å². The Balaban J connectivity index is 2.15. The summed E-state index contributed by atoms with van der Waals surface area (Å²) in [7, 11) is 0. The molecule has 0 aliphatic heterocycles. The van der Waals surface area contributed by atoms with Crippen molar-refractivity contribution in [2.24, 2.45) is 0 Å². The maximum absolute atomic E-state index is 5.79. The fourth-order valence-corrected chi connectivity index (χ4v) is 1.94. The summed E-state index contributed by atoms with van der Waals surface area (Å²) in [5.74, 6) is 0.929. The number of hydrogen-bond donors (Lipinski definition) is 1. The minimum absolute atomic E-state index is 0.387. The van der Waals surface area contributed by atoms with Crippen LogP contribution in [-0.2, 0) is 0 Å². The van der Waals surface area contributed by atoms with E-state index in [4.69, 9.17) is 4.42 Å². The minimum atomic E-state index is 0.387. The van der Waals surface area contributed by atoms with Gasteiger partial charge in [0.05, 0.1) is 0 Å². The van der Waals surface area contributed by atoms with Crippen LogP contribution in [0.2, 0.25) is 0 Å². The van der Waals surface area contributed by atoms with Gasteiger partial charge in [-0.25, -0.2) is 0 Å². The Morgan fingerprint density at radius 2 is 2.17 bits per heavy atom. The quantitative estimate of drug-likeness (QED) is 0.850. The van der Waals surface area contributed by atoms with E-state index >= 15 is 0 Å². The van der Waals surface area contributed by atoms with Crippen LogP contribution in [0.4, 0.5) is 0 Å². The van der Waals surface area contributed by atoms with E-state index in [0.29, 0.717) is 6.04 Å². The first kappa shape index (κ1) is 12.9. The van der Waals surface area contributed by atoms with E-state index in [0.717, 1.165) is 29.7 Å². The molecule has 0 saturated carbocycles. The molecule has 18 heavy (non-hydrogen) atoms. The lowest BCUT2D eigenvalue weighted by atomic mass is 10.1. The molecular weight excluding hydrogens is 222 g/mol. The van der Waals surface area contributed by atoms with Crippen molar-refractivity contribution in [3.05, 3.63) is 41.7 Å². The Labute approximate surface area is 109 Å². The lowest BCUT2D eigenvalue weighted by molar-refractivity contribution is 0.591. The smallest absolute Gasteiger partial charge is 0.134 e. The second kappa shape index (κ2) is 5.87. The number of rotatable bonds is 5. The SMILES string of the molecule is CCCNC(C)/C(C)=C/c1cc2ccccc2o1. The largest absolute Gasteiger partial charge is 0.457 e. The third-order valence-corrected chi connectivity index (χ3v) is 3.20. The lowest BCUT2D eigenvalue weighted by Gasteiger charge is -2.13. The van der Waals surface area contributed by atoms with Gasteiger partial charge >= 0.3 is 0 Å². The Bertz CT molecular complexity index is 506. The lowest BCUT2D eigenvalue weighted by Crippen LogP contribution is -2.27. The second-order valence-electron chi connectivity index (χ2n) is 4.75. The van der Waals surface area contributed by atoms with Crippen molar-refractivity contribution in [2.75, 3.05) is 6.54 Å². The van der Waals surface area contributed by atoms with Gasteiger partial charge in [0, 0.05) is 11.4 Å². The van der Waals surface area contributed by atoms with E-state index in [2.05, 4.69) is 44.3 Å². The molecule has 0 aliphatic carbocycles. The van der Waals surface area contributed by atoms with Gasteiger partial charge in [-0.2, -0.15) is 0 Å². The first-order chi connectivity index (χ1) is 8.70. The summed E-state index contributed by atoms with van der Waals surface area (Å²) in [5.41, 5.74) is 2.24. The highest BCUT2D eigenvalue weighted by Gasteiger charge is 2.05. The molecule has 0 aliphatic rings. The molecule has 0 saturated heterocycles. The maximum atomic E-state index is 5.79. The molecule has 0 radical (unpaired) electrons. The zero-order valence-corrected chi connectivity index (χ0v) is 11.4. The van der Waals surface area contributed by atoms with Crippen molar-refractivity contribution in [3.8, 4) is 0 Å². The maximum Gasteiger partial charge on any atom is 0.134 e. The van der Waals surface area contributed by atoms with E-state index < -0.39 is 0 Å². The molecule has 0 fully saturated rings. The van der Waals surface area contributed by atoms with Crippen molar-refractivity contribution in [1.29, 1.82) is 0 Å². The summed E-state index contributed by atoms with van der Waals surface area (Å²) in [4.78, 5) is 0. The highest BCUT2D eigenvalue weighted by Crippen LogP contribution is 2.21. The Hall–Kier alpha value is -1.54. The fourth-order valence-electron chi connectivity index (χ4n) is 1.94. The summed E-state index contributed by atoms with van der Waals surface area (Å²) in [6.45, 7) is 7.55. The first-order valence-electron chi connectivity index (χ1n) is 6.61. The number of benzene rings is 1. The van der Waals surface area contributed by atoms with Gasteiger partial charge in [-0.05, 0) is 45.0 Å². The highest BCUT2D eigenvalue weighted by molar-refractivity contribution is 5.79. The van der Waals surface area contributed by atoms with Crippen LogP contribution >= 0.6 is 0 Å². The van der Waals surface area contributed by atoms with E-state index in [1.807, 2.05) is 18.2 Å². The number of furan rings is 1. The molecule has 2 nitrogen and oxygen atoms in total. The second-order valence-corrected chi connectivity index (χ2v) is 4.75. The molecular formula is C16H21NO. The third kappa shape index (κ3) is 3.02. The Morgan fingerprint density at radius 1 is 1.39 bits per heavy atom. The molecule has 2 aromatic rings. The van der Waals surface area contributed by atoms with Crippen molar-refractivity contribution in [3.63, 3.8) is 0 Å². The average Bonchev–Trinajstić information content (AvgIpc) is 2.77. The topological polar surface area (TPSA) is 25.2 Å². The van der Waals surface area contributed by atoms with Crippen molar-refractivity contribution in [1.82, 2.24) is 5.32 Å². The van der Waals surface area contributed by atoms with Crippen molar-refractivity contribution >= 4 is 17.0 Å². The summed E-state index contributed by atoms with van der Waals surface area (Å²) in [6, 6.07) is 10.6. The minimum Gasteiger partial charge on any atom is -0.457 e. The summed E-state index contributed by atoms with van der Waals surface area (Å²) in [6.07, 6.45) is 3.27. The Morgan fingerprint density at radius 3 is 2.89 bits per heavy atom. The zero-order chi connectivity index (χ0) is 13.0. The van der Waals surface area contributed by atoms with Crippen LogP contribution in [0.1, 0.15) is 33.0 Å². The predicted octanol–water partition coefficient (Wildman–Crippen LogP) is 4.22. The van der Waals surface area contributed by atoms with E-state index in [-0.39, 0.29) is 0 Å². The fraction of sp³-hybridized carbons (Fsp3) is 0.375. The van der Waals surface area contributed by atoms with Crippen LogP contribution in [0.3, 0.4) is 0 Å². The number of fused-ring (bicyclic) bond motifs is 1. The molecule has 0 bridgehead atoms. The van der Waals surface area contributed by atoms with Crippen LogP contribution in [-0.4, -0.2) is 12.6 Å². The van der Waals surface area contributed by atoms with Gasteiger partial charge in [0.2, 0.25) is 0 Å². The molecule has 1 atom stereocenters. The van der Waals surface area contributed by atoms with Crippen LogP contribution < -0.4 is 5.32 Å². The third-order valence-electron chi connectivity index (χ3n) is 3.20. The van der Waals surface area contributed by atoms with Crippen molar-refractivity contribution in [2.45, 2.75) is 33.2 Å². The van der Waals surface area contributed by atoms with Gasteiger partial charge in [-0.15, -0.1) is 0 Å². The van der Waals surface area contributed by atoms with Crippen LogP contribution in [0.15, 0.2) is 40.3 Å². The average molecular weight is 243 g/mol. The summed E-state index contributed by atoms with van der Waals surface area (Å²) < 4.78 is 5.79. The Kier molecular flexibility index (Phi) is 4.21. The molecule has 1 heterocycles. The van der Waals surface area contributed by atoms with Crippen LogP contribution in [0, 0.1) is 0 Å². The van der Waals surface area contributed by atoms with E-state index in [1.165, 1.54) is 5.57 Å². The number of nitrogens with one attached hydrogen (secondary N) is 1. The molecule has 0 spiro atoms. The van der Waals surface area contributed by atoms with Gasteiger partial charge in [0.1, 0.15) is 11.3 Å². The standard InChI is InChI=1S/C16H21NO/c1-4-9-17-13(3)12(2)10-15-11-14-7-5-6-8-16(14)18-15/h5-8,10-11,13,17H,4,9H2,1-3H3/b12-10+. The number of para-hydroxylation sites is 1. The van der Waals surface area contributed by atoms with Gasteiger partial charge in [0.25, 0.3) is 0 Å². The molecule has 1 N–H and O–H groups in total. The van der Waals surface area contributed by atoms with Crippen molar-refractivity contribution < 1.29 is 4.42 Å². The molecule has 1 unspecified atom stereocenters. The van der Waals surface area contributed by atoms with Gasteiger partial charge < -0.3 is 9.73 Å². The van der Waals surface area contributed by atoms with E-state index in [9.17, 15) is 0 Å². The molecule has 1 aromatic heterocycles. The van der Waals surface area contributed by atoms with Crippen LogP contribution in [0.25, 0.3) is 17.0 Å². The monoisotopic (exact) mass is 243 g/mol. The first-order valence-corrected chi connectivity index (χ1v) is 6.61. The molecule has 2 heteroatoms. The molecule has 1 aromatic carbocycles. The van der Waals surface area contributed by atoms with Gasteiger partial charge in [-0.1, -0.05) is 30.7 Å². The molecule has 96 valence electrons. The summed E-state index contributed by atoms with van der Waals surface area (Å²) in [5, 5.41) is 4.63. The van der Waals surface area contributed by atoms with E-state index in [1.54, 1.807) is 0 Å². The number of hydrogen-bond acceptors (Lipinski definition) is 2. The zero-order valence-electron chi connectivity index (χ0n) is 11.4. The predicted molar refractivity (Wildman–Crippen MR) is 77.6 cm³/mol. The van der Waals surface area contributed by atoms with Gasteiger partial charge in [0.15, 0.2) is 0 Å². The molecule has 0 amide bonds. The van der Waals surface area contributed by atoms with Gasteiger partial charge in [-0.3, -0.25) is 0 Å². The summed E-state index contributed by atoms with van der Waals surface area (Å²) >= 11 is 0. The highest BCUT2D eigenvalue weighted by atomic mass is 16.3. The molecule has 2 rings (SSSR count).